The fourth-order valence-corrected chi connectivity index (χ4v) is 3.50. The van der Waals surface area contributed by atoms with E-state index in [0.717, 1.165) is 42.5 Å². The number of likely N-dealkylation sites (tertiary alicyclic amines) is 1. The van der Waals surface area contributed by atoms with Gasteiger partial charge in [-0.15, -0.1) is 0 Å². The Kier molecular flexibility index (Phi) is 5.06. The predicted molar refractivity (Wildman–Crippen MR) is 97.2 cm³/mol. The average molecular weight is 391 g/mol. The van der Waals surface area contributed by atoms with Gasteiger partial charge < -0.3 is 10.6 Å². The van der Waals surface area contributed by atoms with E-state index >= 15 is 0 Å². The number of benzene rings is 1. The number of halogens is 1. The summed E-state index contributed by atoms with van der Waals surface area (Å²) in [7, 11) is 0. The molecule has 5 nitrogen and oxygen atoms in total. The Bertz CT molecular complexity index is 674. The minimum Gasteiger partial charge on any atom is -0.341 e. The molecule has 24 heavy (non-hydrogen) atoms. The molecule has 0 radical (unpaired) electrons. The van der Waals surface area contributed by atoms with Crippen LogP contribution in [0.25, 0.3) is 0 Å². The minimum absolute atomic E-state index is 0.00219. The number of carbonyl (C=O) groups excluding carboxylic acids is 1. The third-order valence-corrected chi connectivity index (χ3v) is 5.32. The van der Waals surface area contributed by atoms with Crippen LogP contribution in [0.2, 0.25) is 0 Å². The molecule has 2 N–H and O–H groups in total. The van der Waals surface area contributed by atoms with Gasteiger partial charge in [-0.2, -0.15) is 5.10 Å². The maximum atomic E-state index is 12.9. The van der Waals surface area contributed by atoms with Crippen molar-refractivity contribution in [3.05, 3.63) is 52.8 Å². The number of amides is 1. The number of aromatic nitrogens is 2. The molecule has 1 aromatic heterocycles. The van der Waals surface area contributed by atoms with Gasteiger partial charge in [0.15, 0.2) is 0 Å². The van der Waals surface area contributed by atoms with Gasteiger partial charge in [-0.05, 0) is 49.4 Å². The summed E-state index contributed by atoms with van der Waals surface area (Å²) >= 11 is 3.41. The first-order valence-electron chi connectivity index (χ1n) is 8.28. The lowest BCUT2D eigenvalue weighted by atomic mass is 9.89. The molecule has 2 aromatic rings. The van der Waals surface area contributed by atoms with Gasteiger partial charge in [0, 0.05) is 36.5 Å². The zero-order chi connectivity index (χ0) is 17.2. The zero-order valence-corrected chi connectivity index (χ0v) is 15.4. The van der Waals surface area contributed by atoms with E-state index in [9.17, 15) is 4.79 Å². The van der Waals surface area contributed by atoms with Gasteiger partial charge >= 0.3 is 0 Å². The molecule has 1 fully saturated rings. The van der Waals surface area contributed by atoms with E-state index in [1.807, 2.05) is 46.1 Å². The number of hydrogen-bond donors (Lipinski definition) is 1. The maximum Gasteiger partial charge on any atom is 0.246 e. The Morgan fingerprint density at radius 2 is 2.00 bits per heavy atom. The van der Waals surface area contributed by atoms with Crippen molar-refractivity contribution in [3.63, 3.8) is 0 Å². The molecule has 2 heterocycles. The van der Waals surface area contributed by atoms with Gasteiger partial charge in [-0.1, -0.05) is 28.1 Å². The molecular weight excluding hydrogens is 368 g/mol. The molecule has 0 bridgehead atoms. The highest BCUT2D eigenvalue weighted by Crippen LogP contribution is 2.26. The molecule has 1 saturated heterocycles. The molecule has 1 atom stereocenters. The van der Waals surface area contributed by atoms with Gasteiger partial charge in [-0.3, -0.25) is 9.48 Å². The van der Waals surface area contributed by atoms with Crippen molar-refractivity contribution in [3.8, 4) is 0 Å². The molecule has 6 heteroatoms. The largest absolute Gasteiger partial charge is 0.341 e. The van der Waals surface area contributed by atoms with Crippen LogP contribution in [0.15, 0.2) is 47.2 Å². The lowest BCUT2D eigenvalue weighted by Gasteiger charge is -2.37. The van der Waals surface area contributed by atoms with Crippen LogP contribution in [0.4, 0.5) is 0 Å². The van der Waals surface area contributed by atoms with E-state index in [1.54, 1.807) is 13.1 Å². The van der Waals surface area contributed by atoms with Crippen LogP contribution in [0.1, 0.15) is 25.3 Å². The normalized spacial score (nSPS) is 18.4. The molecule has 1 amide bonds. The number of nitrogens with zero attached hydrogens (tertiary/aromatic N) is 3. The van der Waals surface area contributed by atoms with Crippen molar-refractivity contribution < 1.29 is 4.79 Å². The lowest BCUT2D eigenvalue weighted by Crippen LogP contribution is -2.53. The molecular formula is C18H23BrN4O. The highest BCUT2D eigenvalue weighted by molar-refractivity contribution is 9.10. The second-order valence-corrected chi connectivity index (χ2v) is 7.59. The Morgan fingerprint density at radius 1 is 1.33 bits per heavy atom. The van der Waals surface area contributed by atoms with Gasteiger partial charge in [0.2, 0.25) is 5.91 Å². The fraction of sp³-hybridized carbons (Fsp3) is 0.444. The number of nitrogens with two attached hydrogens (primary N) is 1. The van der Waals surface area contributed by atoms with Crippen molar-refractivity contribution in [2.24, 2.45) is 11.7 Å². The SMILES string of the molecule is CC(N)(C(=O)N1CCC(Cn2cccn2)CC1)c1ccc(Br)cc1. The van der Waals surface area contributed by atoms with Crippen LogP contribution in [0.3, 0.4) is 0 Å². The van der Waals surface area contributed by atoms with Crippen molar-refractivity contribution >= 4 is 21.8 Å². The second kappa shape index (κ2) is 7.07. The molecule has 1 aliphatic heterocycles. The van der Waals surface area contributed by atoms with Gasteiger partial charge in [0.1, 0.15) is 5.54 Å². The monoisotopic (exact) mass is 390 g/mol. The summed E-state index contributed by atoms with van der Waals surface area (Å²) in [6.07, 6.45) is 5.77. The topological polar surface area (TPSA) is 64.2 Å². The maximum absolute atomic E-state index is 12.9. The van der Waals surface area contributed by atoms with E-state index in [-0.39, 0.29) is 5.91 Å². The number of rotatable bonds is 4. The first kappa shape index (κ1) is 17.2. The van der Waals surface area contributed by atoms with E-state index in [4.69, 9.17) is 5.73 Å². The van der Waals surface area contributed by atoms with Crippen molar-refractivity contribution in [1.82, 2.24) is 14.7 Å². The van der Waals surface area contributed by atoms with E-state index in [1.165, 1.54) is 0 Å². The van der Waals surface area contributed by atoms with Crippen LogP contribution < -0.4 is 5.73 Å². The highest BCUT2D eigenvalue weighted by Gasteiger charge is 2.36. The molecule has 1 aliphatic rings. The van der Waals surface area contributed by atoms with Crippen LogP contribution in [-0.4, -0.2) is 33.7 Å². The van der Waals surface area contributed by atoms with Gasteiger partial charge in [0.05, 0.1) is 0 Å². The summed E-state index contributed by atoms with van der Waals surface area (Å²) < 4.78 is 2.95. The van der Waals surface area contributed by atoms with E-state index in [2.05, 4.69) is 21.0 Å². The summed E-state index contributed by atoms with van der Waals surface area (Å²) in [5, 5.41) is 4.26. The molecule has 128 valence electrons. The second-order valence-electron chi connectivity index (χ2n) is 6.67. The smallest absolute Gasteiger partial charge is 0.246 e. The lowest BCUT2D eigenvalue weighted by molar-refractivity contribution is -0.138. The summed E-state index contributed by atoms with van der Waals surface area (Å²) in [5.74, 6) is 0.563. The standard InChI is InChI=1S/C18H23BrN4O/c1-18(20,15-3-5-16(19)6-4-15)17(24)22-11-7-14(8-12-22)13-23-10-2-9-21-23/h2-6,9-10,14H,7-8,11-13,20H2,1H3. The van der Waals surface area contributed by atoms with E-state index in [0.29, 0.717) is 5.92 Å². The van der Waals surface area contributed by atoms with Crippen molar-refractivity contribution in [1.29, 1.82) is 0 Å². The highest BCUT2D eigenvalue weighted by atomic mass is 79.9. The number of carbonyl (C=O) groups is 1. The van der Waals surface area contributed by atoms with E-state index < -0.39 is 5.54 Å². The van der Waals surface area contributed by atoms with Gasteiger partial charge in [-0.25, -0.2) is 0 Å². The van der Waals surface area contributed by atoms with Crippen LogP contribution in [-0.2, 0) is 16.9 Å². The number of piperidine rings is 1. The van der Waals surface area contributed by atoms with Crippen molar-refractivity contribution in [2.75, 3.05) is 13.1 Å². The third-order valence-electron chi connectivity index (χ3n) is 4.79. The quantitative estimate of drug-likeness (QED) is 0.872. The molecule has 0 saturated carbocycles. The van der Waals surface area contributed by atoms with Gasteiger partial charge in [0.25, 0.3) is 0 Å². The minimum atomic E-state index is -0.991. The molecule has 1 aromatic carbocycles. The summed E-state index contributed by atoms with van der Waals surface area (Å²) in [4.78, 5) is 14.8. The number of hydrogen-bond acceptors (Lipinski definition) is 3. The fourth-order valence-electron chi connectivity index (χ4n) is 3.24. The first-order valence-corrected chi connectivity index (χ1v) is 9.08. The Hall–Kier alpha value is -1.66. The summed E-state index contributed by atoms with van der Waals surface area (Å²) in [5.41, 5.74) is 6.24. The van der Waals surface area contributed by atoms with Crippen LogP contribution in [0, 0.1) is 5.92 Å². The molecule has 0 spiro atoms. The summed E-state index contributed by atoms with van der Waals surface area (Å²) in [6.45, 7) is 4.23. The third kappa shape index (κ3) is 3.70. The average Bonchev–Trinajstić information content (AvgIpc) is 3.08. The van der Waals surface area contributed by atoms with Crippen molar-refractivity contribution in [2.45, 2.75) is 31.8 Å². The van der Waals surface area contributed by atoms with Crippen LogP contribution in [0.5, 0.6) is 0 Å². The Balaban J connectivity index is 1.60. The first-order chi connectivity index (χ1) is 11.5. The van der Waals surface area contributed by atoms with Crippen LogP contribution >= 0.6 is 15.9 Å². The molecule has 1 unspecified atom stereocenters. The molecule has 3 rings (SSSR count). The summed E-state index contributed by atoms with van der Waals surface area (Å²) in [6, 6.07) is 9.60. The zero-order valence-electron chi connectivity index (χ0n) is 13.9. The Labute approximate surface area is 151 Å². The Morgan fingerprint density at radius 3 is 2.58 bits per heavy atom. The predicted octanol–water partition coefficient (Wildman–Crippen LogP) is 2.76. The molecule has 0 aliphatic carbocycles.